The normalized spacial score (nSPS) is 10.2. The van der Waals surface area contributed by atoms with Crippen molar-refractivity contribution in [2.45, 2.75) is 0 Å². The molecule has 0 aliphatic heterocycles. The number of rotatable bonds is 3. The van der Waals surface area contributed by atoms with Gasteiger partial charge in [-0.1, -0.05) is 0 Å². The van der Waals surface area contributed by atoms with Crippen molar-refractivity contribution in [1.82, 2.24) is 4.98 Å². The van der Waals surface area contributed by atoms with Gasteiger partial charge < -0.3 is 10.5 Å². The zero-order valence-electron chi connectivity index (χ0n) is 6.77. The zero-order chi connectivity index (χ0) is 9.68. The first-order chi connectivity index (χ1) is 6.22. The second-order valence-corrected chi connectivity index (χ2v) is 2.29. The summed E-state index contributed by atoms with van der Waals surface area (Å²) < 4.78 is 0. The van der Waals surface area contributed by atoms with Gasteiger partial charge in [-0.05, 0) is 23.8 Å². The van der Waals surface area contributed by atoms with Crippen LogP contribution in [0.3, 0.4) is 0 Å². The first kappa shape index (κ1) is 9.21. The van der Waals surface area contributed by atoms with Crippen LogP contribution in [0, 0.1) is 0 Å². The molecule has 0 aromatic carbocycles. The summed E-state index contributed by atoms with van der Waals surface area (Å²) in [4.78, 5) is 14.1. The van der Waals surface area contributed by atoms with E-state index < -0.39 is 5.97 Å². The van der Waals surface area contributed by atoms with Crippen molar-refractivity contribution in [2.75, 3.05) is 5.43 Å². The molecule has 0 fully saturated rings. The lowest BCUT2D eigenvalue weighted by atomic mass is 10.2. The predicted octanol–water partition coefficient (Wildman–Crippen LogP) is 0.465. The molecule has 0 radical (unpaired) electrons. The van der Waals surface area contributed by atoms with Crippen LogP contribution >= 0.6 is 0 Å². The van der Waals surface area contributed by atoms with Gasteiger partial charge in [-0.25, -0.2) is 15.6 Å². The van der Waals surface area contributed by atoms with E-state index in [2.05, 4.69) is 10.4 Å². The van der Waals surface area contributed by atoms with E-state index >= 15 is 0 Å². The number of carboxylic acids is 1. The minimum atomic E-state index is -0.985. The molecule has 4 N–H and O–H groups in total. The number of nitrogens with one attached hydrogen (secondary N) is 1. The average Bonchev–Trinajstić information content (AvgIpc) is 2.15. The third-order valence-corrected chi connectivity index (χ3v) is 1.35. The van der Waals surface area contributed by atoms with Gasteiger partial charge in [0.15, 0.2) is 0 Å². The lowest BCUT2D eigenvalue weighted by Gasteiger charge is -1.97. The number of carbonyl (C=O) groups is 1. The Balaban J connectivity index is 2.75. The maximum atomic E-state index is 10.2. The SMILES string of the molecule is NNc1ccc(C=CC(=O)O)cn1. The Morgan fingerprint density at radius 1 is 1.62 bits per heavy atom. The second kappa shape index (κ2) is 4.22. The van der Waals surface area contributed by atoms with Gasteiger partial charge in [0.25, 0.3) is 0 Å². The Morgan fingerprint density at radius 2 is 2.38 bits per heavy atom. The summed E-state index contributed by atoms with van der Waals surface area (Å²) in [7, 11) is 0. The summed E-state index contributed by atoms with van der Waals surface area (Å²) in [5.74, 6) is 4.65. The number of hydrogen-bond donors (Lipinski definition) is 3. The third kappa shape index (κ3) is 2.92. The molecule has 0 bridgehead atoms. The first-order valence-electron chi connectivity index (χ1n) is 3.56. The summed E-state index contributed by atoms with van der Waals surface area (Å²) in [6.45, 7) is 0. The van der Waals surface area contributed by atoms with E-state index in [1.165, 1.54) is 12.3 Å². The van der Waals surface area contributed by atoms with Crippen molar-refractivity contribution in [2.24, 2.45) is 5.84 Å². The molecule has 1 aromatic heterocycles. The highest BCUT2D eigenvalue weighted by atomic mass is 16.4. The molecule has 0 spiro atoms. The number of hydrogen-bond acceptors (Lipinski definition) is 4. The largest absolute Gasteiger partial charge is 0.478 e. The number of aromatic nitrogens is 1. The molecule has 5 nitrogen and oxygen atoms in total. The molecular weight excluding hydrogens is 170 g/mol. The summed E-state index contributed by atoms with van der Waals surface area (Å²) in [5.41, 5.74) is 3.08. The lowest BCUT2D eigenvalue weighted by molar-refractivity contribution is -0.131. The third-order valence-electron chi connectivity index (χ3n) is 1.35. The summed E-state index contributed by atoms with van der Waals surface area (Å²) in [5, 5.41) is 8.34. The second-order valence-electron chi connectivity index (χ2n) is 2.29. The van der Waals surface area contributed by atoms with Crippen LogP contribution in [0.25, 0.3) is 6.08 Å². The molecule has 1 rings (SSSR count). The molecular formula is C8H9N3O2. The maximum Gasteiger partial charge on any atom is 0.328 e. The molecule has 0 aliphatic rings. The number of anilines is 1. The highest BCUT2D eigenvalue weighted by Crippen LogP contribution is 2.04. The van der Waals surface area contributed by atoms with E-state index in [4.69, 9.17) is 10.9 Å². The fraction of sp³-hybridized carbons (Fsp3) is 0. The number of hydrazine groups is 1. The molecule has 0 atom stereocenters. The van der Waals surface area contributed by atoms with Crippen molar-refractivity contribution >= 4 is 17.9 Å². The first-order valence-corrected chi connectivity index (χ1v) is 3.56. The monoisotopic (exact) mass is 179 g/mol. The average molecular weight is 179 g/mol. The number of nitrogen functional groups attached to an aromatic ring is 1. The van der Waals surface area contributed by atoms with E-state index in [9.17, 15) is 4.79 Å². The fourth-order valence-corrected chi connectivity index (χ4v) is 0.757. The van der Waals surface area contributed by atoms with Gasteiger partial charge in [0.2, 0.25) is 0 Å². The van der Waals surface area contributed by atoms with Crippen LogP contribution in [0.4, 0.5) is 5.82 Å². The van der Waals surface area contributed by atoms with Gasteiger partial charge in [0.1, 0.15) is 5.82 Å². The minimum Gasteiger partial charge on any atom is -0.478 e. The highest BCUT2D eigenvalue weighted by molar-refractivity contribution is 5.85. The van der Waals surface area contributed by atoms with Crippen molar-refractivity contribution in [3.8, 4) is 0 Å². The standard InChI is InChI=1S/C8H9N3O2/c9-11-7-3-1-6(5-10-7)2-4-8(12)13/h1-5H,9H2,(H,10,11)(H,12,13). The Hall–Kier alpha value is -1.88. The van der Waals surface area contributed by atoms with Crippen LogP contribution < -0.4 is 11.3 Å². The number of nitrogens with zero attached hydrogens (tertiary/aromatic N) is 1. The fourth-order valence-electron chi connectivity index (χ4n) is 0.757. The Morgan fingerprint density at radius 3 is 2.85 bits per heavy atom. The van der Waals surface area contributed by atoms with Gasteiger partial charge in [-0.3, -0.25) is 0 Å². The van der Waals surface area contributed by atoms with E-state index in [0.29, 0.717) is 11.4 Å². The van der Waals surface area contributed by atoms with Gasteiger partial charge in [-0.2, -0.15) is 0 Å². The molecule has 13 heavy (non-hydrogen) atoms. The van der Waals surface area contributed by atoms with Crippen molar-refractivity contribution in [3.63, 3.8) is 0 Å². The number of carboxylic acid groups (broad SMARTS) is 1. The van der Waals surface area contributed by atoms with Crippen molar-refractivity contribution in [3.05, 3.63) is 30.0 Å². The molecule has 0 amide bonds. The van der Waals surface area contributed by atoms with Crippen LogP contribution in [-0.2, 0) is 4.79 Å². The topological polar surface area (TPSA) is 88.2 Å². The summed E-state index contributed by atoms with van der Waals surface area (Å²) >= 11 is 0. The number of nitrogens with two attached hydrogens (primary N) is 1. The van der Waals surface area contributed by atoms with Crippen LogP contribution in [0.15, 0.2) is 24.4 Å². The predicted molar refractivity (Wildman–Crippen MR) is 48.7 cm³/mol. The molecule has 0 saturated carbocycles. The van der Waals surface area contributed by atoms with E-state index in [1.807, 2.05) is 0 Å². The van der Waals surface area contributed by atoms with Gasteiger partial charge in [0, 0.05) is 12.3 Å². The molecule has 0 aliphatic carbocycles. The smallest absolute Gasteiger partial charge is 0.328 e. The summed E-state index contributed by atoms with van der Waals surface area (Å²) in [6.07, 6.45) is 4.02. The summed E-state index contributed by atoms with van der Waals surface area (Å²) in [6, 6.07) is 3.36. The lowest BCUT2D eigenvalue weighted by Crippen LogP contribution is -2.07. The van der Waals surface area contributed by atoms with Crippen LogP contribution in [0.2, 0.25) is 0 Å². The van der Waals surface area contributed by atoms with Gasteiger partial charge in [-0.15, -0.1) is 0 Å². The van der Waals surface area contributed by atoms with Gasteiger partial charge in [0.05, 0.1) is 0 Å². The molecule has 5 heteroatoms. The zero-order valence-corrected chi connectivity index (χ0v) is 6.77. The molecule has 0 saturated heterocycles. The van der Waals surface area contributed by atoms with Crippen molar-refractivity contribution in [1.29, 1.82) is 0 Å². The van der Waals surface area contributed by atoms with E-state index in [0.717, 1.165) is 6.08 Å². The molecule has 1 heterocycles. The van der Waals surface area contributed by atoms with Gasteiger partial charge >= 0.3 is 5.97 Å². The molecule has 0 unspecified atom stereocenters. The molecule has 68 valence electrons. The quantitative estimate of drug-likeness (QED) is 0.356. The highest BCUT2D eigenvalue weighted by Gasteiger charge is 1.91. The number of aliphatic carboxylic acids is 1. The minimum absolute atomic E-state index is 0.535. The Labute approximate surface area is 74.9 Å². The Kier molecular flexibility index (Phi) is 2.99. The van der Waals surface area contributed by atoms with E-state index in [1.54, 1.807) is 12.1 Å². The number of pyridine rings is 1. The molecule has 1 aromatic rings. The van der Waals surface area contributed by atoms with Crippen LogP contribution in [-0.4, -0.2) is 16.1 Å². The van der Waals surface area contributed by atoms with E-state index in [-0.39, 0.29) is 0 Å². The van der Waals surface area contributed by atoms with Crippen molar-refractivity contribution < 1.29 is 9.90 Å². The van der Waals surface area contributed by atoms with Crippen LogP contribution in [0.5, 0.6) is 0 Å². The Bertz CT molecular complexity index is 319. The maximum absolute atomic E-state index is 10.2. The van der Waals surface area contributed by atoms with Crippen LogP contribution in [0.1, 0.15) is 5.56 Å².